The Kier molecular flexibility index (Phi) is 6.01. The van der Waals surface area contributed by atoms with Crippen LogP contribution >= 0.6 is 0 Å². The van der Waals surface area contributed by atoms with Crippen LogP contribution in [0, 0.1) is 0 Å². The Hall–Kier alpha value is -2.25. The van der Waals surface area contributed by atoms with Gasteiger partial charge < -0.3 is 15.4 Å². The molecule has 116 valence electrons. The summed E-state index contributed by atoms with van der Waals surface area (Å²) in [7, 11) is 0. The van der Waals surface area contributed by atoms with Crippen LogP contribution in [0.3, 0.4) is 0 Å². The maximum atomic E-state index is 12.4. The third-order valence-electron chi connectivity index (χ3n) is 2.43. The van der Waals surface area contributed by atoms with Gasteiger partial charge in [-0.05, 0) is 31.2 Å². The van der Waals surface area contributed by atoms with Crippen molar-refractivity contribution in [3.05, 3.63) is 35.4 Å². The van der Waals surface area contributed by atoms with Crippen molar-refractivity contribution in [1.29, 1.82) is 0 Å². The summed E-state index contributed by atoms with van der Waals surface area (Å²) in [6, 6.07) is 3.87. The van der Waals surface area contributed by atoms with E-state index in [-0.39, 0.29) is 25.3 Å². The number of ether oxygens (including phenoxy) is 1. The second kappa shape index (κ2) is 7.51. The average molecular weight is 304 g/mol. The van der Waals surface area contributed by atoms with Crippen LogP contribution in [0.25, 0.3) is 0 Å². The summed E-state index contributed by atoms with van der Waals surface area (Å²) in [5.74, 6) is -0.519. The Morgan fingerprint density at radius 2 is 1.67 bits per heavy atom. The molecule has 1 rings (SSSR count). The number of hydrogen-bond donors (Lipinski definition) is 2. The zero-order chi connectivity index (χ0) is 15.9. The van der Waals surface area contributed by atoms with E-state index < -0.39 is 23.7 Å². The quantitative estimate of drug-likeness (QED) is 0.819. The molecule has 2 amide bonds. The molecule has 0 fully saturated rings. The summed E-state index contributed by atoms with van der Waals surface area (Å²) in [6.07, 6.45) is -5.03. The van der Waals surface area contributed by atoms with Crippen LogP contribution in [-0.4, -0.2) is 31.7 Å². The van der Waals surface area contributed by atoms with Gasteiger partial charge in [-0.25, -0.2) is 4.79 Å². The zero-order valence-corrected chi connectivity index (χ0v) is 11.3. The van der Waals surface area contributed by atoms with Crippen molar-refractivity contribution in [3.63, 3.8) is 0 Å². The zero-order valence-electron chi connectivity index (χ0n) is 11.3. The molecule has 0 atom stereocenters. The van der Waals surface area contributed by atoms with Gasteiger partial charge in [-0.2, -0.15) is 13.2 Å². The first-order chi connectivity index (χ1) is 9.84. The average Bonchev–Trinajstić information content (AvgIpc) is 2.43. The first-order valence-corrected chi connectivity index (χ1v) is 6.20. The monoisotopic (exact) mass is 304 g/mol. The molecule has 0 spiro atoms. The van der Waals surface area contributed by atoms with Gasteiger partial charge in [0.15, 0.2) is 0 Å². The van der Waals surface area contributed by atoms with Crippen molar-refractivity contribution in [2.45, 2.75) is 13.1 Å². The summed E-state index contributed by atoms with van der Waals surface area (Å²) in [5, 5.41) is 4.86. The lowest BCUT2D eigenvalue weighted by molar-refractivity contribution is -0.137. The Balaban J connectivity index is 2.41. The number of carbonyl (C=O) groups excluding carboxylic acids is 2. The van der Waals surface area contributed by atoms with E-state index in [1.807, 2.05) is 0 Å². The van der Waals surface area contributed by atoms with Crippen molar-refractivity contribution >= 4 is 12.0 Å². The Morgan fingerprint density at radius 3 is 2.19 bits per heavy atom. The van der Waals surface area contributed by atoms with Gasteiger partial charge in [0.05, 0.1) is 12.2 Å². The molecule has 0 radical (unpaired) electrons. The highest BCUT2D eigenvalue weighted by Gasteiger charge is 2.30. The maximum Gasteiger partial charge on any atom is 0.416 e. The number of benzene rings is 1. The summed E-state index contributed by atoms with van der Waals surface area (Å²) in [4.78, 5) is 22.6. The molecular formula is C13H15F3N2O3. The first-order valence-electron chi connectivity index (χ1n) is 6.20. The van der Waals surface area contributed by atoms with Crippen LogP contribution in [0.4, 0.5) is 18.0 Å². The second-order valence-corrected chi connectivity index (χ2v) is 3.98. The molecule has 2 N–H and O–H groups in total. The lowest BCUT2D eigenvalue weighted by atomic mass is 10.1. The smallest absolute Gasteiger partial charge is 0.416 e. The number of rotatable bonds is 5. The summed E-state index contributed by atoms with van der Waals surface area (Å²) in [5.41, 5.74) is -0.706. The third kappa shape index (κ3) is 5.72. The van der Waals surface area contributed by atoms with Crippen molar-refractivity contribution in [1.82, 2.24) is 10.6 Å². The van der Waals surface area contributed by atoms with E-state index in [4.69, 9.17) is 0 Å². The van der Waals surface area contributed by atoms with E-state index in [9.17, 15) is 22.8 Å². The minimum atomic E-state index is -4.43. The second-order valence-electron chi connectivity index (χ2n) is 3.98. The van der Waals surface area contributed by atoms with E-state index in [0.717, 1.165) is 24.3 Å². The van der Waals surface area contributed by atoms with Gasteiger partial charge in [-0.1, -0.05) is 0 Å². The van der Waals surface area contributed by atoms with Crippen molar-refractivity contribution in [2.75, 3.05) is 19.7 Å². The molecule has 0 aliphatic rings. The Morgan fingerprint density at radius 1 is 1.10 bits per heavy atom. The fourth-order valence-electron chi connectivity index (χ4n) is 1.44. The molecule has 21 heavy (non-hydrogen) atoms. The van der Waals surface area contributed by atoms with Gasteiger partial charge in [0, 0.05) is 18.7 Å². The molecule has 0 heterocycles. The minimum Gasteiger partial charge on any atom is -0.450 e. The topological polar surface area (TPSA) is 67.4 Å². The van der Waals surface area contributed by atoms with Crippen molar-refractivity contribution < 1.29 is 27.5 Å². The van der Waals surface area contributed by atoms with Crippen molar-refractivity contribution in [3.8, 4) is 0 Å². The van der Waals surface area contributed by atoms with Crippen molar-refractivity contribution in [2.24, 2.45) is 0 Å². The largest absolute Gasteiger partial charge is 0.450 e. The fourth-order valence-corrected chi connectivity index (χ4v) is 1.44. The molecular weight excluding hydrogens is 289 g/mol. The number of amides is 2. The first kappa shape index (κ1) is 16.8. The molecule has 0 aliphatic heterocycles. The highest BCUT2D eigenvalue weighted by Crippen LogP contribution is 2.28. The van der Waals surface area contributed by atoms with Crippen LogP contribution in [0.15, 0.2) is 24.3 Å². The molecule has 0 aliphatic carbocycles. The minimum absolute atomic E-state index is 0.110. The number of alkyl carbamates (subject to hydrolysis) is 1. The molecule has 0 aromatic heterocycles. The molecule has 0 saturated heterocycles. The van der Waals surface area contributed by atoms with Crippen LogP contribution in [-0.2, 0) is 10.9 Å². The van der Waals surface area contributed by atoms with Gasteiger partial charge in [0.1, 0.15) is 0 Å². The molecule has 0 saturated carbocycles. The van der Waals surface area contributed by atoms with E-state index in [0.29, 0.717) is 0 Å². The number of alkyl halides is 3. The summed E-state index contributed by atoms with van der Waals surface area (Å²) in [6.45, 7) is 2.19. The lowest BCUT2D eigenvalue weighted by Gasteiger charge is -2.09. The lowest BCUT2D eigenvalue weighted by Crippen LogP contribution is -2.35. The van der Waals surface area contributed by atoms with E-state index in [1.165, 1.54) is 0 Å². The van der Waals surface area contributed by atoms with E-state index in [1.54, 1.807) is 6.92 Å². The maximum absolute atomic E-state index is 12.4. The molecule has 8 heteroatoms. The number of hydrogen-bond acceptors (Lipinski definition) is 3. The number of halogens is 3. The Bertz CT molecular complexity index is 486. The summed E-state index contributed by atoms with van der Waals surface area (Å²) >= 11 is 0. The van der Waals surface area contributed by atoms with Gasteiger partial charge in [-0.15, -0.1) is 0 Å². The van der Waals surface area contributed by atoms with Crippen LogP contribution < -0.4 is 10.6 Å². The Labute approximate surface area is 119 Å². The number of carbonyl (C=O) groups is 2. The third-order valence-corrected chi connectivity index (χ3v) is 2.43. The number of nitrogens with one attached hydrogen (secondary N) is 2. The predicted octanol–water partition coefficient (Wildman–Crippen LogP) is 2.18. The summed E-state index contributed by atoms with van der Waals surface area (Å²) < 4.78 is 41.7. The van der Waals surface area contributed by atoms with E-state index in [2.05, 4.69) is 15.4 Å². The highest BCUT2D eigenvalue weighted by molar-refractivity contribution is 5.94. The van der Waals surface area contributed by atoms with Gasteiger partial charge in [-0.3, -0.25) is 4.79 Å². The standard InChI is InChI=1S/C13H15F3N2O3/c1-2-21-12(20)18-8-7-17-11(19)9-3-5-10(6-4-9)13(14,15)16/h3-6H,2,7-8H2,1H3,(H,17,19)(H,18,20). The molecule has 0 unspecified atom stereocenters. The van der Waals surface area contributed by atoms with Crippen LogP contribution in [0.1, 0.15) is 22.8 Å². The molecule has 0 bridgehead atoms. The molecule has 1 aromatic carbocycles. The van der Waals surface area contributed by atoms with Gasteiger partial charge in [0.25, 0.3) is 5.91 Å². The SMILES string of the molecule is CCOC(=O)NCCNC(=O)c1ccc(C(F)(F)F)cc1. The van der Waals surface area contributed by atoms with Gasteiger partial charge in [0.2, 0.25) is 0 Å². The predicted molar refractivity (Wildman–Crippen MR) is 68.8 cm³/mol. The normalized spacial score (nSPS) is 10.9. The fraction of sp³-hybridized carbons (Fsp3) is 0.385. The van der Waals surface area contributed by atoms with Crippen LogP contribution in [0.5, 0.6) is 0 Å². The molecule has 5 nitrogen and oxygen atoms in total. The highest BCUT2D eigenvalue weighted by atomic mass is 19.4. The van der Waals surface area contributed by atoms with E-state index >= 15 is 0 Å². The van der Waals surface area contributed by atoms with Gasteiger partial charge >= 0.3 is 12.3 Å². The molecule has 1 aromatic rings. The van der Waals surface area contributed by atoms with Crippen LogP contribution in [0.2, 0.25) is 0 Å².